The van der Waals surface area contributed by atoms with Crippen LogP contribution in [0.4, 0.5) is 5.69 Å². The second-order valence-corrected chi connectivity index (χ2v) is 7.22. The van der Waals surface area contributed by atoms with Gasteiger partial charge in [0, 0.05) is 0 Å². The molecule has 0 saturated heterocycles. The molecule has 1 atom stereocenters. The lowest BCUT2D eigenvalue weighted by molar-refractivity contribution is -0.112. The lowest BCUT2D eigenvalue weighted by Crippen LogP contribution is -2.42. The number of carbonyl (C=O) groups excluding carboxylic acids is 1. The number of fused-ring (bicyclic) bond motifs is 1. The molecule has 0 N–H and O–H groups in total. The van der Waals surface area contributed by atoms with Crippen LogP contribution in [0.25, 0.3) is 10.8 Å². The summed E-state index contributed by atoms with van der Waals surface area (Å²) in [6, 6.07) is 11.9. The second-order valence-electron chi connectivity index (χ2n) is 4.71. The number of halogens is 1. The van der Waals surface area contributed by atoms with Gasteiger partial charge < -0.3 is 0 Å². The fourth-order valence-corrected chi connectivity index (χ4v) is 3.62. The van der Waals surface area contributed by atoms with E-state index in [4.69, 9.17) is 11.6 Å². The predicted octanol–water partition coefficient (Wildman–Crippen LogP) is 3.15. The molecule has 6 heteroatoms. The Labute approximate surface area is 129 Å². The predicted molar refractivity (Wildman–Crippen MR) is 86.2 cm³/mol. The fraction of sp³-hybridized carbons (Fsp3) is 0.267. The van der Waals surface area contributed by atoms with Crippen LogP contribution >= 0.6 is 11.6 Å². The molecule has 0 radical (unpaired) electrons. The van der Waals surface area contributed by atoms with Crippen LogP contribution in [0.1, 0.15) is 13.8 Å². The highest BCUT2D eigenvalue weighted by Gasteiger charge is 2.30. The van der Waals surface area contributed by atoms with E-state index in [-0.39, 0.29) is 5.75 Å². The van der Waals surface area contributed by atoms with E-state index < -0.39 is 21.3 Å². The molecule has 0 fully saturated rings. The van der Waals surface area contributed by atoms with E-state index in [2.05, 4.69) is 0 Å². The van der Waals surface area contributed by atoms with Crippen LogP contribution in [0.3, 0.4) is 0 Å². The van der Waals surface area contributed by atoms with Crippen molar-refractivity contribution in [3.8, 4) is 0 Å². The summed E-state index contributed by atoms with van der Waals surface area (Å²) in [6.45, 7) is 3.02. The van der Waals surface area contributed by atoms with Gasteiger partial charge in [-0.25, -0.2) is 8.42 Å². The van der Waals surface area contributed by atoms with E-state index >= 15 is 0 Å². The number of hydrogen-bond acceptors (Lipinski definition) is 3. The van der Waals surface area contributed by atoms with Gasteiger partial charge in [0.15, 0.2) is 0 Å². The Kier molecular flexibility index (Phi) is 4.54. The number of benzene rings is 2. The Bertz CT molecular complexity index is 773. The highest BCUT2D eigenvalue weighted by molar-refractivity contribution is 7.92. The van der Waals surface area contributed by atoms with Crippen LogP contribution in [0.5, 0.6) is 0 Å². The van der Waals surface area contributed by atoms with Crippen LogP contribution in [0.15, 0.2) is 42.5 Å². The van der Waals surface area contributed by atoms with Gasteiger partial charge in [-0.2, -0.15) is 0 Å². The molecular weight excluding hydrogens is 310 g/mol. The Morgan fingerprint density at radius 3 is 2.38 bits per heavy atom. The first-order chi connectivity index (χ1) is 9.86. The molecule has 0 aliphatic carbocycles. The Balaban J connectivity index is 2.61. The number of nitrogens with zero attached hydrogens (tertiary/aromatic N) is 1. The number of rotatable bonds is 5. The van der Waals surface area contributed by atoms with E-state index in [1.54, 1.807) is 12.1 Å². The number of anilines is 1. The lowest BCUT2D eigenvalue weighted by atomic mass is 10.1. The summed E-state index contributed by atoms with van der Waals surface area (Å²) in [5.41, 5.74) is 0.442. The van der Waals surface area contributed by atoms with Crippen LogP contribution in [-0.2, 0) is 14.8 Å². The minimum Gasteiger partial charge on any atom is -0.279 e. The zero-order valence-electron chi connectivity index (χ0n) is 11.8. The van der Waals surface area contributed by atoms with E-state index in [1.165, 1.54) is 13.8 Å². The van der Waals surface area contributed by atoms with Crippen molar-refractivity contribution in [2.24, 2.45) is 0 Å². The van der Waals surface area contributed by atoms with Crippen molar-refractivity contribution in [2.45, 2.75) is 19.9 Å². The SMILES string of the molecule is CCS(=O)(=O)N(c1ccc2ccccc2c1)C(C)C(=O)Cl. The van der Waals surface area contributed by atoms with Crippen molar-refractivity contribution >= 4 is 43.3 Å². The molecule has 0 heterocycles. The molecule has 0 saturated carbocycles. The summed E-state index contributed by atoms with van der Waals surface area (Å²) in [5, 5.41) is 1.20. The maximum absolute atomic E-state index is 12.3. The van der Waals surface area contributed by atoms with Crippen LogP contribution in [-0.4, -0.2) is 25.5 Å². The Hall–Kier alpha value is -1.59. The lowest BCUT2D eigenvalue weighted by Gasteiger charge is -2.28. The molecule has 0 amide bonds. The molecule has 1 unspecified atom stereocenters. The van der Waals surface area contributed by atoms with E-state index in [0.717, 1.165) is 15.1 Å². The summed E-state index contributed by atoms with van der Waals surface area (Å²) >= 11 is 5.51. The summed E-state index contributed by atoms with van der Waals surface area (Å²) in [7, 11) is -3.60. The standard InChI is InChI=1S/C15H16ClNO3S/c1-3-21(19,20)17(11(2)15(16)18)14-9-8-12-6-4-5-7-13(12)10-14/h4-11H,3H2,1-2H3. The van der Waals surface area contributed by atoms with E-state index in [0.29, 0.717) is 5.69 Å². The smallest absolute Gasteiger partial charge is 0.245 e. The zero-order chi connectivity index (χ0) is 15.6. The average molecular weight is 326 g/mol. The van der Waals surface area contributed by atoms with Crippen LogP contribution in [0.2, 0.25) is 0 Å². The quantitative estimate of drug-likeness (QED) is 0.793. The van der Waals surface area contributed by atoms with Gasteiger partial charge in [-0.15, -0.1) is 0 Å². The van der Waals surface area contributed by atoms with Crippen LogP contribution in [0, 0.1) is 0 Å². The molecule has 21 heavy (non-hydrogen) atoms. The highest BCUT2D eigenvalue weighted by atomic mass is 35.5. The first kappa shape index (κ1) is 15.8. The first-order valence-electron chi connectivity index (χ1n) is 6.57. The van der Waals surface area contributed by atoms with Gasteiger partial charge in [0.05, 0.1) is 11.4 Å². The molecule has 0 aliphatic heterocycles. The molecule has 2 rings (SSSR count). The maximum Gasteiger partial charge on any atom is 0.245 e. The fourth-order valence-electron chi connectivity index (χ4n) is 2.17. The molecule has 0 spiro atoms. The van der Waals surface area contributed by atoms with Gasteiger partial charge in [-0.1, -0.05) is 30.3 Å². The summed E-state index contributed by atoms with van der Waals surface area (Å²) < 4.78 is 25.7. The van der Waals surface area contributed by atoms with Crippen molar-refractivity contribution in [3.63, 3.8) is 0 Å². The Morgan fingerprint density at radius 1 is 1.19 bits per heavy atom. The van der Waals surface area contributed by atoms with Crippen molar-refractivity contribution in [1.29, 1.82) is 0 Å². The van der Waals surface area contributed by atoms with Gasteiger partial charge in [-0.05, 0) is 48.4 Å². The van der Waals surface area contributed by atoms with Gasteiger partial charge in [0.2, 0.25) is 15.3 Å². The number of sulfonamides is 1. The minimum absolute atomic E-state index is 0.103. The molecule has 0 aliphatic rings. The average Bonchev–Trinajstić information content (AvgIpc) is 2.47. The largest absolute Gasteiger partial charge is 0.279 e. The molecule has 2 aromatic rings. The summed E-state index contributed by atoms with van der Waals surface area (Å²) in [4.78, 5) is 11.4. The molecule has 0 bridgehead atoms. The van der Waals surface area contributed by atoms with Crippen molar-refractivity contribution in [1.82, 2.24) is 0 Å². The Morgan fingerprint density at radius 2 is 1.81 bits per heavy atom. The third-order valence-corrected chi connectivity index (χ3v) is 5.50. The molecule has 0 aromatic heterocycles. The number of hydrogen-bond donors (Lipinski definition) is 0. The maximum atomic E-state index is 12.3. The first-order valence-corrected chi connectivity index (χ1v) is 8.56. The van der Waals surface area contributed by atoms with Gasteiger partial charge in [0.1, 0.15) is 6.04 Å². The molecule has 2 aromatic carbocycles. The van der Waals surface area contributed by atoms with Crippen LogP contribution < -0.4 is 4.31 Å². The van der Waals surface area contributed by atoms with E-state index in [1.807, 2.05) is 30.3 Å². The molecule has 112 valence electrons. The summed E-state index contributed by atoms with van der Waals surface area (Å²) in [5.74, 6) is -0.103. The molecular formula is C15H16ClNO3S. The van der Waals surface area contributed by atoms with Crippen molar-refractivity contribution < 1.29 is 13.2 Å². The van der Waals surface area contributed by atoms with Crippen molar-refractivity contribution in [2.75, 3.05) is 10.1 Å². The third-order valence-electron chi connectivity index (χ3n) is 3.33. The van der Waals surface area contributed by atoms with Gasteiger partial charge in [0.25, 0.3) is 0 Å². The summed E-state index contributed by atoms with van der Waals surface area (Å²) in [6.07, 6.45) is 0. The van der Waals surface area contributed by atoms with Gasteiger partial charge >= 0.3 is 0 Å². The third kappa shape index (κ3) is 3.19. The van der Waals surface area contributed by atoms with Gasteiger partial charge in [-0.3, -0.25) is 9.10 Å². The normalized spacial score (nSPS) is 13.1. The highest BCUT2D eigenvalue weighted by Crippen LogP contribution is 2.27. The zero-order valence-corrected chi connectivity index (χ0v) is 13.4. The van der Waals surface area contributed by atoms with Crippen molar-refractivity contribution in [3.05, 3.63) is 42.5 Å². The number of carbonyl (C=O) groups is 1. The monoisotopic (exact) mass is 325 g/mol. The molecule has 4 nitrogen and oxygen atoms in total. The minimum atomic E-state index is -3.60. The van der Waals surface area contributed by atoms with E-state index in [9.17, 15) is 13.2 Å². The second kappa shape index (κ2) is 6.03. The topological polar surface area (TPSA) is 54.5 Å².